The molecule has 20 N–H and O–H groups in total. The Morgan fingerprint density at radius 2 is 0.831 bits per heavy atom. The summed E-state index contributed by atoms with van der Waals surface area (Å²) in [4.78, 5) is 96.9. The molecule has 2 heterocycles. The third kappa shape index (κ3) is 31.2. The van der Waals surface area contributed by atoms with Gasteiger partial charge in [-0.1, -0.05) is 10.3 Å². The Morgan fingerprint density at radius 1 is 0.506 bits per heavy atom. The fourth-order valence-electron chi connectivity index (χ4n) is 7.75. The largest absolute Gasteiger partial charge is 3.00 e. The predicted molar refractivity (Wildman–Crippen MR) is 272 cm³/mol. The summed E-state index contributed by atoms with van der Waals surface area (Å²) in [7, 11) is 0. The van der Waals surface area contributed by atoms with Crippen LogP contribution in [-0.4, -0.2) is 391 Å². The minimum absolute atomic E-state index is 0. The fraction of sp³-hybridized carbons (Fsp3) is 0.804. The minimum Gasteiger partial charge on any atom is -0.549 e. The number of esters is 2. The van der Waals surface area contributed by atoms with Crippen LogP contribution in [0.15, 0.2) is 10.3 Å². The van der Waals surface area contributed by atoms with Crippen LogP contribution in [0.25, 0.3) is 0 Å². The van der Waals surface area contributed by atoms with Crippen LogP contribution in [0.1, 0.15) is 0 Å². The Hall–Kier alpha value is -4.41. The Kier molecular flexibility index (Phi) is 42.8. The summed E-state index contributed by atoms with van der Waals surface area (Å²) in [6.45, 7) is -12.2. The fourth-order valence-corrected chi connectivity index (χ4v) is 7.75. The van der Waals surface area contributed by atoms with Crippen LogP contribution in [0, 0.1) is 39.9 Å². The van der Waals surface area contributed by atoms with Crippen molar-refractivity contribution in [2.24, 2.45) is 10.3 Å². The van der Waals surface area contributed by atoms with E-state index < -0.39 is 237 Å². The van der Waals surface area contributed by atoms with Gasteiger partial charge in [0.05, 0.1) is 82.9 Å². The molecule has 0 aromatic carbocycles. The van der Waals surface area contributed by atoms with Gasteiger partial charge in [-0.15, -0.1) is 0 Å². The molecule has 0 saturated carbocycles. The van der Waals surface area contributed by atoms with Gasteiger partial charge in [-0.05, 0) is 0 Å². The molecule has 18 atom stereocenters. The van der Waals surface area contributed by atoms with E-state index in [0.29, 0.717) is 12.4 Å². The van der Waals surface area contributed by atoms with Gasteiger partial charge >= 0.3 is 51.9 Å². The summed E-state index contributed by atoms with van der Waals surface area (Å²) in [6.07, 6.45) is -33.3. The molecule has 1 radical (unpaired) electrons. The quantitative estimate of drug-likeness (QED) is 0.0117. The molecule has 0 bridgehead atoms. The number of amides is 2. The van der Waals surface area contributed by atoms with E-state index in [4.69, 9.17) is 38.1 Å². The Labute approximate surface area is 536 Å². The average Bonchev–Trinajstić information content (AvgIpc) is 2.32. The van der Waals surface area contributed by atoms with Crippen LogP contribution in [0.3, 0.4) is 0 Å². The summed E-state index contributed by atoms with van der Waals surface area (Å²) >= 11 is 0. The van der Waals surface area contributed by atoms with E-state index in [-0.39, 0.29) is 84.7 Å². The van der Waals surface area contributed by atoms with Gasteiger partial charge in [0.2, 0.25) is 25.0 Å². The molecule has 0 aromatic rings. The number of hydrogen-bond acceptors (Lipinski definition) is 39. The van der Waals surface area contributed by atoms with Crippen molar-refractivity contribution in [3.63, 3.8) is 0 Å². The SMILES string of the molecule is O.O=C([O-])CN(CCN(CC(=O)[O-])CC(=O)NCCOC(=O)CO/N=C\[C@@H](O)[C@H](O)[C@@H](O[C@@H]1O[C@H](CO)[C@@H](O)[C@H](O)[C@H]1O)[C@@H](O)CO)CCN(CC(=O)[O-])CC(=O)NCCOC(=O)CO/N=C/[C@@H](O)[C@H](O)[C@@H](O[C@@H]1O[C@H](CO)[C@@H](O)[C@H](O)[C@H]1O)[C@@H](O)CO.[Gd+3]. The van der Waals surface area contributed by atoms with Crippen molar-refractivity contribution in [3.8, 4) is 0 Å². The normalized spacial score (nSPS) is 24.7. The van der Waals surface area contributed by atoms with E-state index in [2.05, 4.69) is 20.9 Å². The molecule has 0 aromatic heterocycles. The summed E-state index contributed by atoms with van der Waals surface area (Å²) in [6, 6.07) is 0. The van der Waals surface area contributed by atoms with Gasteiger partial charge in [0.1, 0.15) is 111 Å². The molecular weight excluding hydrogens is 1370 g/mol. The molecule has 0 aliphatic carbocycles. The topological polar surface area (TPSA) is 676 Å². The number of carbonyl (C=O) groups is 7. The van der Waals surface area contributed by atoms with Crippen molar-refractivity contribution in [2.75, 3.05) is 125 Å². The number of rotatable bonds is 44. The molecule has 89 heavy (non-hydrogen) atoms. The molecule has 42 nitrogen and oxygen atoms in total. The van der Waals surface area contributed by atoms with Gasteiger partial charge in [0, 0.05) is 45.8 Å². The van der Waals surface area contributed by atoms with Crippen molar-refractivity contribution in [3.05, 3.63) is 0 Å². The number of carbonyl (C=O) groups excluding carboxylic acids is 7. The number of nitrogens with one attached hydrogen (secondary N) is 2. The van der Waals surface area contributed by atoms with Crippen LogP contribution >= 0.6 is 0 Å². The predicted octanol–water partition coefficient (Wildman–Crippen LogP) is -19.8. The minimum atomic E-state index is -2.16. The second-order valence-corrected chi connectivity index (χ2v) is 19.1. The maximum Gasteiger partial charge on any atom is 3.00 e. The van der Waals surface area contributed by atoms with E-state index in [1.807, 2.05) is 0 Å². The molecule has 2 aliphatic rings. The van der Waals surface area contributed by atoms with Crippen LogP contribution in [0.4, 0.5) is 0 Å². The number of carboxylic acid groups (broad SMARTS) is 3. The summed E-state index contributed by atoms with van der Waals surface area (Å²) < 4.78 is 30.5. The number of aliphatic carboxylic acids is 3. The number of nitrogens with zero attached hydrogens (tertiary/aromatic N) is 5. The van der Waals surface area contributed by atoms with Gasteiger partial charge < -0.3 is 166 Å². The molecule has 2 aliphatic heterocycles. The molecule has 515 valence electrons. The monoisotopic (exact) mass is 1450 g/mol. The van der Waals surface area contributed by atoms with Crippen LogP contribution in [0.5, 0.6) is 0 Å². The van der Waals surface area contributed by atoms with Gasteiger partial charge in [-0.2, -0.15) is 0 Å². The number of hydrogen-bond donors (Lipinski definition) is 18. The second-order valence-electron chi connectivity index (χ2n) is 19.1. The first-order chi connectivity index (χ1) is 41.1. The summed E-state index contributed by atoms with van der Waals surface area (Å²) in [5.41, 5.74) is 0. The van der Waals surface area contributed by atoms with Gasteiger partial charge in [-0.25, -0.2) is 9.59 Å². The molecule has 2 saturated heterocycles. The molecule has 43 heteroatoms. The van der Waals surface area contributed by atoms with E-state index in [1.165, 1.54) is 4.90 Å². The van der Waals surface area contributed by atoms with E-state index >= 15 is 0 Å². The zero-order chi connectivity index (χ0) is 65.5. The first-order valence-corrected chi connectivity index (χ1v) is 26.2. The van der Waals surface area contributed by atoms with Gasteiger partial charge in [0.25, 0.3) is 0 Å². The standard InChI is InChI=1S/C46H79N7O34.Gd.H2O/c54-16-24(60)43(86-45-41(78)39(76)37(74)26(18-56)84-45)35(72)22(58)9-49-82-20-33(70)80-7-1-47-28(62)11-52(14-31(66)67)5-3-51(13-30(64)65)4-6-53(15-32(68)69)12-29(63)48-2-8-81-34(71)21-83-50-10-23(59)36(73)44(25(61)17-55)87-46-42(79)40(77)38(75)27(19-57)85-46;;/h9-10,22-27,35-46,54-61,72-79H,1-8,11-21H2,(H,47,62)(H,48,63)(H,64,65)(H,66,67)(H,68,69);;1H2/q;+3;/p-3/b49-9-,50-10+;;/t22-,23-,24+,25+,26-,27-,35+,36+,37-,38-,39+,40+,41-,42-,43+,44+,45+,46+;;/m1../s1. The average molecular weight is 1450 g/mol. The molecule has 2 rings (SSSR count). The number of aliphatic hydroxyl groups is 16. The molecule has 2 amide bonds. The number of oxime groups is 2. The van der Waals surface area contributed by atoms with Crippen molar-refractivity contribution < 1.29 is 214 Å². The van der Waals surface area contributed by atoms with Crippen molar-refractivity contribution in [2.45, 2.75) is 110 Å². The number of ether oxygens (including phenoxy) is 6. The summed E-state index contributed by atoms with van der Waals surface area (Å²) in [5.74, 6) is -8.72. The van der Waals surface area contributed by atoms with Gasteiger partial charge in [-0.3, -0.25) is 24.3 Å². The Balaban J connectivity index is 0.0000387. The Morgan fingerprint density at radius 3 is 1.15 bits per heavy atom. The first-order valence-electron chi connectivity index (χ1n) is 26.2. The Bertz CT molecular complexity index is 2010. The molecule has 0 unspecified atom stereocenters. The van der Waals surface area contributed by atoms with E-state index in [0.717, 1.165) is 9.80 Å². The van der Waals surface area contributed by atoms with Crippen LogP contribution < -0.4 is 26.0 Å². The van der Waals surface area contributed by atoms with Crippen LogP contribution in [-0.2, 0) is 71.7 Å². The smallest absolute Gasteiger partial charge is 0.549 e. The maximum absolute atomic E-state index is 12.7. The molecular formula is C46H78GdN7O35. The van der Waals surface area contributed by atoms with E-state index in [1.54, 1.807) is 0 Å². The van der Waals surface area contributed by atoms with E-state index in [9.17, 15) is 131 Å². The molecule has 2 fully saturated rings. The number of carboxylic acids is 3. The third-order valence-corrected chi connectivity index (χ3v) is 12.4. The first kappa shape index (κ1) is 84.6. The van der Waals surface area contributed by atoms with Gasteiger partial charge in [0.15, 0.2) is 12.6 Å². The summed E-state index contributed by atoms with van der Waals surface area (Å²) in [5, 5.41) is 206. The number of aliphatic hydroxyl groups excluding tert-OH is 16. The third-order valence-electron chi connectivity index (χ3n) is 12.4. The molecule has 0 spiro atoms. The van der Waals surface area contributed by atoms with Crippen molar-refractivity contribution in [1.82, 2.24) is 25.3 Å². The second kappa shape index (κ2) is 45.0. The van der Waals surface area contributed by atoms with Crippen molar-refractivity contribution in [1.29, 1.82) is 0 Å². The zero-order valence-corrected chi connectivity index (χ0v) is 49.3. The van der Waals surface area contributed by atoms with Crippen molar-refractivity contribution >= 4 is 54.1 Å². The zero-order valence-electron chi connectivity index (χ0n) is 47.1. The van der Waals surface area contributed by atoms with Crippen LogP contribution in [0.2, 0.25) is 0 Å². The maximum atomic E-state index is 12.7.